The van der Waals surface area contributed by atoms with Gasteiger partial charge in [-0.3, -0.25) is 20.4 Å². The Balaban J connectivity index is 1.44. The topological polar surface area (TPSA) is 67.4 Å². The number of fused-ring (bicyclic) bond motifs is 1. The van der Waals surface area contributed by atoms with Crippen LogP contribution in [0.3, 0.4) is 0 Å². The third-order valence-corrected chi connectivity index (χ3v) is 6.62. The van der Waals surface area contributed by atoms with Crippen molar-refractivity contribution in [3.8, 4) is 5.75 Å². The normalized spacial score (nSPS) is 15.7. The van der Waals surface area contributed by atoms with Crippen LogP contribution in [0.25, 0.3) is 0 Å². The summed E-state index contributed by atoms with van der Waals surface area (Å²) in [6.45, 7) is 4.80. The zero-order chi connectivity index (χ0) is 19.2. The van der Waals surface area contributed by atoms with E-state index in [1.54, 1.807) is 0 Å². The summed E-state index contributed by atoms with van der Waals surface area (Å²) in [5.41, 5.74) is 6.29. The molecule has 144 valence electrons. The van der Waals surface area contributed by atoms with E-state index in [2.05, 4.69) is 17.8 Å². The number of carbonyl (C=O) groups excluding carboxylic acids is 2. The van der Waals surface area contributed by atoms with Gasteiger partial charge in [0, 0.05) is 9.77 Å². The monoisotopic (exact) mass is 404 g/mol. The van der Waals surface area contributed by atoms with Gasteiger partial charge in [-0.2, -0.15) is 0 Å². The molecule has 27 heavy (non-hydrogen) atoms. The van der Waals surface area contributed by atoms with Crippen LogP contribution in [0.15, 0.2) is 35.2 Å². The predicted octanol–water partition coefficient (Wildman–Crippen LogP) is 3.82. The van der Waals surface area contributed by atoms with Crippen LogP contribution < -0.4 is 15.6 Å². The molecule has 1 aromatic heterocycles. The van der Waals surface area contributed by atoms with E-state index in [1.165, 1.54) is 40.0 Å². The minimum Gasteiger partial charge on any atom is -0.494 e. The van der Waals surface area contributed by atoms with Gasteiger partial charge in [-0.05, 0) is 68.0 Å². The van der Waals surface area contributed by atoms with Crippen molar-refractivity contribution >= 4 is 34.9 Å². The first kappa shape index (κ1) is 19.8. The van der Waals surface area contributed by atoms with Gasteiger partial charge in [0.2, 0.25) is 5.91 Å². The molecule has 0 bridgehead atoms. The van der Waals surface area contributed by atoms with Crippen LogP contribution in [-0.4, -0.2) is 24.2 Å². The van der Waals surface area contributed by atoms with Crippen molar-refractivity contribution in [2.45, 2.75) is 38.0 Å². The number of thioether (sulfide) groups is 1. The number of carbonyl (C=O) groups is 2. The van der Waals surface area contributed by atoms with Gasteiger partial charge in [0.25, 0.3) is 5.91 Å². The largest absolute Gasteiger partial charge is 0.494 e. The number of amides is 2. The zero-order valence-electron chi connectivity index (χ0n) is 15.5. The van der Waals surface area contributed by atoms with Gasteiger partial charge in [0.05, 0.1) is 17.2 Å². The lowest BCUT2D eigenvalue weighted by Crippen LogP contribution is -2.42. The van der Waals surface area contributed by atoms with Gasteiger partial charge in [-0.1, -0.05) is 6.92 Å². The van der Waals surface area contributed by atoms with Crippen LogP contribution in [0.1, 0.15) is 40.4 Å². The van der Waals surface area contributed by atoms with Gasteiger partial charge in [-0.15, -0.1) is 23.1 Å². The number of ether oxygens (including phenoxy) is 1. The lowest BCUT2D eigenvalue weighted by atomic mass is 9.90. The number of hydrogen-bond acceptors (Lipinski definition) is 5. The Kier molecular flexibility index (Phi) is 6.79. The molecule has 2 N–H and O–H groups in total. The number of rotatable bonds is 6. The minimum absolute atomic E-state index is 0.229. The van der Waals surface area contributed by atoms with Crippen molar-refractivity contribution in [3.63, 3.8) is 0 Å². The number of hydrazine groups is 1. The molecule has 0 saturated heterocycles. The molecular weight excluding hydrogens is 380 g/mol. The smallest absolute Gasteiger partial charge is 0.279 e. The summed E-state index contributed by atoms with van der Waals surface area (Å²) in [7, 11) is 0. The molecule has 3 rings (SSSR count). The molecule has 0 unspecified atom stereocenters. The van der Waals surface area contributed by atoms with Crippen molar-refractivity contribution < 1.29 is 14.3 Å². The van der Waals surface area contributed by atoms with E-state index in [0.29, 0.717) is 17.4 Å². The van der Waals surface area contributed by atoms with E-state index >= 15 is 0 Å². The maximum atomic E-state index is 12.3. The average Bonchev–Trinajstić information content (AvgIpc) is 3.09. The Morgan fingerprint density at radius 3 is 2.78 bits per heavy atom. The zero-order valence-corrected chi connectivity index (χ0v) is 17.2. The molecule has 0 aliphatic heterocycles. The Bertz CT molecular complexity index is 802. The Morgan fingerprint density at radius 1 is 1.26 bits per heavy atom. The van der Waals surface area contributed by atoms with E-state index < -0.39 is 0 Å². The first-order chi connectivity index (χ1) is 13.0. The number of thiophene rings is 1. The van der Waals surface area contributed by atoms with Crippen LogP contribution in [0.4, 0.5) is 0 Å². The second-order valence-electron chi connectivity index (χ2n) is 6.60. The summed E-state index contributed by atoms with van der Waals surface area (Å²) in [6, 6.07) is 9.55. The molecule has 0 radical (unpaired) electrons. The molecular formula is C20H24N2O3S2. The molecule has 0 spiro atoms. The summed E-state index contributed by atoms with van der Waals surface area (Å²) >= 11 is 2.94. The molecule has 0 fully saturated rings. The van der Waals surface area contributed by atoms with Crippen molar-refractivity contribution in [2.75, 3.05) is 12.4 Å². The standard InChI is InChI=1S/C20H24N2O3S2/c1-3-25-15-5-7-16(8-6-15)26-12-19(23)21-22-20(24)18-11-14-10-13(2)4-9-17(14)27-18/h5-8,11,13H,3-4,9-10,12H2,1-2H3,(H,21,23)(H,22,24)/t13-/m0/s1. The summed E-state index contributed by atoms with van der Waals surface area (Å²) in [5, 5.41) is 0. The molecule has 2 aromatic rings. The Hall–Kier alpha value is -1.99. The van der Waals surface area contributed by atoms with Gasteiger partial charge < -0.3 is 4.74 Å². The van der Waals surface area contributed by atoms with Gasteiger partial charge in [0.1, 0.15) is 5.75 Å². The van der Waals surface area contributed by atoms with Crippen LogP contribution in [0.2, 0.25) is 0 Å². The van der Waals surface area contributed by atoms with Crippen molar-refractivity contribution in [2.24, 2.45) is 5.92 Å². The molecule has 0 saturated carbocycles. The lowest BCUT2D eigenvalue weighted by molar-refractivity contribution is -0.119. The molecule has 1 atom stereocenters. The number of aryl methyl sites for hydroxylation is 1. The van der Waals surface area contributed by atoms with Crippen LogP contribution in [0, 0.1) is 5.92 Å². The summed E-state index contributed by atoms with van der Waals surface area (Å²) < 4.78 is 5.39. The second kappa shape index (κ2) is 9.28. The highest BCUT2D eigenvalue weighted by atomic mass is 32.2. The molecule has 7 heteroatoms. The summed E-state index contributed by atoms with van der Waals surface area (Å²) in [5.74, 6) is 1.22. The van der Waals surface area contributed by atoms with E-state index in [-0.39, 0.29) is 17.6 Å². The van der Waals surface area contributed by atoms with E-state index in [1.807, 2.05) is 37.3 Å². The Morgan fingerprint density at radius 2 is 2.04 bits per heavy atom. The summed E-state index contributed by atoms with van der Waals surface area (Å²) in [4.78, 5) is 27.2. The van der Waals surface area contributed by atoms with Gasteiger partial charge in [-0.25, -0.2) is 0 Å². The highest BCUT2D eigenvalue weighted by Gasteiger charge is 2.20. The van der Waals surface area contributed by atoms with Crippen molar-refractivity contribution in [1.82, 2.24) is 10.9 Å². The van der Waals surface area contributed by atoms with Crippen molar-refractivity contribution in [1.29, 1.82) is 0 Å². The highest BCUT2D eigenvalue weighted by molar-refractivity contribution is 8.00. The number of hydrogen-bond donors (Lipinski definition) is 2. The lowest BCUT2D eigenvalue weighted by Gasteiger charge is -2.16. The Labute approximate surface area is 167 Å². The number of benzene rings is 1. The molecule has 1 aliphatic carbocycles. The average molecular weight is 405 g/mol. The maximum absolute atomic E-state index is 12.3. The fourth-order valence-electron chi connectivity index (χ4n) is 2.99. The van der Waals surface area contributed by atoms with Crippen molar-refractivity contribution in [3.05, 3.63) is 45.6 Å². The first-order valence-corrected chi connectivity index (χ1v) is 10.9. The summed E-state index contributed by atoms with van der Waals surface area (Å²) in [6.07, 6.45) is 3.25. The predicted molar refractivity (Wildman–Crippen MR) is 109 cm³/mol. The molecule has 2 amide bonds. The van der Waals surface area contributed by atoms with Crippen LogP contribution >= 0.6 is 23.1 Å². The SMILES string of the molecule is CCOc1ccc(SCC(=O)NNC(=O)c2cc3c(s2)CC[C@H](C)C3)cc1. The van der Waals surface area contributed by atoms with E-state index in [0.717, 1.165) is 23.5 Å². The maximum Gasteiger partial charge on any atom is 0.279 e. The molecule has 1 aromatic carbocycles. The first-order valence-electron chi connectivity index (χ1n) is 9.11. The minimum atomic E-state index is -0.249. The van der Waals surface area contributed by atoms with Crippen LogP contribution in [0.5, 0.6) is 5.75 Å². The van der Waals surface area contributed by atoms with Gasteiger partial charge >= 0.3 is 0 Å². The van der Waals surface area contributed by atoms with E-state index in [9.17, 15) is 9.59 Å². The van der Waals surface area contributed by atoms with E-state index in [4.69, 9.17) is 4.74 Å². The number of nitrogens with one attached hydrogen (secondary N) is 2. The molecule has 1 aliphatic rings. The quantitative estimate of drug-likeness (QED) is 0.567. The van der Waals surface area contributed by atoms with Gasteiger partial charge in [0.15, 0.2) is 0 Å². The fourth-order valence-corrected chi connectivity index (χ4v) is 4.79. The fraction of sp³-hybridized carbons (Fsp3) is 0.400. The molecule has 5 nitrogen and oxygen atoms in total. The third-order valence-electron chi connectivity index (χ3n) is 4.37. The van der Waals surface area contributed by atoms with Crippen LogP contribution in [-0.2, 0) is 17.6 Å². The molecule has 1 heterocycles. The third kappa shape index (κ3) is 5.49. The second-order valence-corrected chi connectivity index (χ2v) is 8.79. The highest BCUT2D eigenvalue weighted by Crippen LogP contribution is 2.32.